The highest BCUT2D eigenvalue weighted by atomic mass is 32.2. The summed E-state index contributed by atoms with van der Waals surface area (Å²) >= 11 is 0. The first-order chi connectivity index (χ1) is 9.63. The van der Waals surface area contributed by atoms with Crippen LogP contribution >= 0.6 is 0 Å². The molecule has 0 bridgehead atoms. The Bertz CT molecular complexity index is 557. The highest BCUT2D eigenvalue weighted by molar-refractivity contribution is 7.84. The molecule has 2 atom stereocenters. The van der Waals surface area contributed by atoms with Crippen LogP contribution in [0.4, 0.5) is 0 Å². The second-order valence-corrected chi connectivity index (χ2v) is 6.27. The van der Waals surface area contributed by atoms with E-state index in [4.69, 9.17) is 4.52 Å². The van der Waals surface area contributed by atoms with Crippen LogP contribution in [0.3, 0.4) is 0 Å². The quantitative estimate of drug-likeness (QED) is 0.838. The lowest BCUT2D eigenvalue weighted by Crippen LogP contribution is -2.30. The first-order valence-electron chi connectivity index (χ1n) is 6.52. The Morgan fingerprint density at radius 1 is 1.35 bits per heavy atom. The molecule has 2 rings (SSSR count). The average molecular weight is 293 g/mol. The summed E-state index contributed by atoms with van der Waals surface area (Å²) in [4.78, 5) is 4.34. The second-order valence-electron chi connectivity index (χ2n) is 4.79. The molecule has 0 radical (unpaired) electrons. The van der Waals surface area contributed by atoms with Crippen LogP contribution < -0.4 is 5.32 Å². The van der Waals surface area contributed by atoms with Crippen molar-refractivity contribution in [2.24, 2.45) is 0 Å². The Morgan fingerprint density at radius 3 is 2.80 bits per heavy atom. The molecule has 0 spiro atoms. The highest BCUT2D eigenvalue weighted by Crippen LogP contribution is 2.06. The minimum atomic E-state index is -0.804. The Kier molecular flexibility index (Phi) is 5.43. The summed E-state index contributed by atoms with van der Waals surface area (Å²) in [5.74, 6) is 1.86. The number of benzene rings is 1. The number of hydrogen-bond donors (Lipinski definition) is 1. The first kappa shape index (κ1) is 14.9. The summed E-state index contributed by atoms with van der Waals surface area (Å²) in [6, 6.07) is 10.2. The molecule has 0 amide bonds. The number of nitrogens with one attached hydrogen (secondary N) is 1. The van der Waals surface area contributed by atoms with Crippen molar-refractivity contribution >= 4 is 10.8 Å². The van der Waals surface area contributed by atoms with Crippen molar-refractivity contribution in [1.29, 1.82) is 0 Å². The fourth-order valence-electron chi connectivity index (χ4n) is 1.88. The lowest BCUT2D eigenvalue weighted by Gasteiger charge is -2.09. The zero-order valence-corrected chi connectivity index (χ0v) is 12.5. The van der Waals surface area contributed by atoms with Crippen molar-refractivity contribution in [3.05, 3.63) is 47.6 Å². The van der Waals surface area contributed by atoms with Crippen molar-refractivity contribution in [1.82, 2.24) is 15.5 Å². The molecule has 0 fully saturated rings. The summed E-state index contributed by atoms with van der Waals surface area (Å²) in [5.41, 5.74) is 1.16. The van der Waals surface area contributed by atoms with Gasteiger partial charge >= 0.3 is 0 Å². The van der Waals surface area contributed by atoms with Gasteiger partial charge in [0.05, 0.1) is 6.54 Å². The number of hydrogen-bond acceptors (Lipinski definition) is 5. The van der Waals surface area contributed by atoms with Crippen LogP contribution in [-0.2, 0) is 23.8 Å². The third-order valence-corrected chi connectivity index (χ3v) is 3.77. The standard InChI is InChI=1S/C14H19N3O2S/c1-11(10-20(2)18)15-9-14-16-13(17-19-14)8-12-6-4-3-5-7-12/h3-7,11,15H,8-10H2,1-2H3. The van der Waals surface area contributed by atoms with Crippen molar-refractivity contribution < 1.29 is 8.73 Å². The number of nitrogens with zero attached hydrogens (tertiary/aromatic N) is 2. The minimum absolute atomic E-state index is 0.158. The lowest BCUT2D eigenvalue weighted by molar-refractivity contribution is 0.358. The van der Waals surface area contributed by atoms with E-state index in [0.717, 1.165) is 5.56 Å². The average Bonchev–Trinajstić information content (AvgIpc) is 2.84. The van der Waals surface area contributed by atoms with E-state index in [1.165, 1.54) is 0 Å². The minimum Gasteiger partial charge on any atom is -0.338 e. The SMILES string of the molecule is CC(CS(C)=O)NCc1nc(Cc2ccccc2)no1. The normalized spacial score (nSPS) is 14.1. The molecule has 108 valence electrons. The molecule has 0 aliphatic rings. The van der Waals surface area contributed by atoms with Crippen LogP contribution in [-0.4, -0.2) is 32.4 Å². The van der Waals surface area contributed by atoms with Gasteiger partial charge in [0.2, 0.25) is 5.89 Å². The molecule has 5 nitrogen and oxygen atoms in total. The van der Waals surface area contributed by atoms with Crippen LogP contribution in [0.1, 0.15) is 24.2 Å². The maximum absolute atomic E-state index is 11.1. The van der Waals surface area contributed by atoms with Gasteiger partial charge in [0, 0.05) is 35.3 Å². The molecule has 0 aliphatic heterocycles. The highest BCUT2D eigenvalue weighted by Gasteiger charge is 2.09. The Labute approximate surface area is 121 Å². The summed E-state index contributed by atoms with van der Waals surface area (Å²) in [6.45, 7) is 2.49. The van der Waals surface area contributed by atoms with E-state index in [0.29, 0.717) is 30.4 Å². The van der Waals surface area contributed by atoms with Gasteiger partial charge in [-0.25, -0.2) is 0 Å². The molecule has 2 unspecified atom stereocenters. The molecule has 0 aliphatic carbocycles. The molecule has 20 heavy (non-hydrogen) atoms. The molecular formula is C14H19N3O2S. The van der Waals surface area contributed by atoms with Crippen molar-refractivity contribution in [3.8, 4) is 0 Å². The van der Waals surface area contributed by atoms with Crippen LogP contribution in [0.15, 0.2) is 34.9 Å². The Hall–Kier alpha value is -1.53. The molecule has 1 aromatic carbocycles. The first-order valence-corrected chi connectivity index (χ1v) is 8.25. The molecule has 2 aromatic rings. The van der Waals surface area contributed by atoms with Gasteiger partial charge in [0.25, 0.3) is 0 Å². The monoisotopic (exact) mass is 293 g/mol. The molecule has 6 heteroatoms. The van der Waals surface area contributed by atoms with Crippen molar-refractivity contribution in [3.63, 3.8) is 0 Å². The van der Waals surface area contributed by atoms with Gasteiger partial charge in [0.15, 0.2) is 5.82 Å². The zero-order valence-electron chi connectivity index (χ0n) is 11.7. The van der Waals surface area contributed by atoms with E-state index in [1.807, 2.05) is 37.3 Å². The summed E-state index contributed by atoms with van der Waals surface area (Å²) in [7, 11) is -0.804. The van der Waals surface area contributed by atoms with E-state index < -0.39 is 10.8 Å². The predicted molar refractivity (Wildman–Crippen MR) is 78.8 cm³/mol. The third-order valence-electron chi connectivity index (χ3n) is 2.80. The van der Waals surface area contributed by atoms with E-state index >= 15 is 0 Å². The maximum Gasteiger partial charge on any atom is 0.240 e. The smallest absolute Gasteiger partial charge is 0.240 e. The fourth-order valence-corrected chi connectivity index (χ4v) is 2.71. The summed E-state index contributed by atoms with van der Waals surface area (Å²) in [5, 5.41) is 7.18. The van der Waals surface area contributed by atoms with Gasteiger partial charge in [-0.15, -0.1) is 0 Å². The molecule has 1 N–H and O–H groups in total. The van der Waals surface area contributed by atoms with Gasteiger partial charge in [0.1, 0.15) is 0 Å². The van der Waals surface area contributed by atoms with E-state index in [-0.39, 0.29) is 6.04 Å². The van der Waals surface area contributed by atoms with E-state index in [2.05, 4.69) is 15.5 Å². The van der Waals surface area contributed by atoms with Gasteiger partial charge in [-0.1, -0.05) is 35.5 Å². The molecule has 1 aromatic heterocycles. The van der Waals surface area contributed by atoms with Crippen LogP contribution in [0.5, 0.6) is 0 Å². The summed E-state index contributed by atoms with van der Waals surface area (Å²) in [6.07, 6.45) is 2.36. The molecular weight excluding hydrogens is 274 g/mol. The fraction of sp³-hybridized carbons (Fsp3) is 0.429. The van der Waals surface area contributed by atoms with Crippen LogP contribution in [0.2, 0.25) is 0 Å². The molecule has 0 saturated carbocycles. The largest absolute Gasteiger partial charge is 0.338 e. The molecule has 1 heterocycles. The maximum atomic E-state index is 11.1. The van der Waals surface area contributed by atoms with Crippen molar-refractivity contribution in [2.45, 2.75) is 25.9 Å². The van der Waals surface area contributed by atoms with Crippen molar-refractivity contribution in [2.75, 3.05) is 12.0 Å². The van der Waals surface area contributed by atoms with Crippen LogP contribution in [0.25, 0.3) is 0 Å². The third kappa shape index (κ3) is 4.86. The van der Waals surface area contributed by atoms with E-state index in [9.17, 15) is 4.21 Å². The van der Waals surface area contributed by atoms with E-state index in [1.54, 1.807) is 6.26 Å². The Balaban J connectivity index is 1.85. The number of rotatable bonds is 7. The van der Waals surface area contributed by atoms with Crippen LogP contribution in [0, 0.1) is 0 Å². The molecule has 0 saturated heterocycles. The van der Waals surface area contributed by atoms with Gasteiger partial charge in [-0.3, -0.25) is 4.21 Å². The zero-order chi connectivity index (χ0) is 14.4. The van der Waals surface area contributed by atoms with Gasteiger partial charge in [-0.05, 0) is 12.5 Å². The Morgan fingerprint density at radius 2 is 2.10 bits per heavy atom. The predicted octanol–water partition coefficient (Wildman–Crippen LogP) is 1.52. The summed E-state index contributed by atoms with van der Waals surface area (Å²) < 4.78 is 16.3. The second kappa shape index (κ2) is 7.31. The lowest BCUT2D eigenvalue weighted by atomic mass is 10.1. The van der Waals surface area contributed by atoms with Gasteiger partial charge in [-0.2, -0.15) is 4.98 Å². The number of aromatic nitrogens is 2. The van der Waals surface area contributed by atoms with Gasteiger partial charge < -0.3 is 9.84 Å². The topological polar surface area (TPSA) is 68.0 Å².